The van der Waals surface area contributed by atoms with Crippen LogP contribution in [0.4, 0.5) is 0 Å². The third-order valence-electron chi connectivity index (χ3n) is 2.60. The van der Waals surface area contributed by atoms with Crippen LogP contribution in [0.3, 0.4) is 0 Å². The molecular formula is C11H19NO. The molecule has 1 aliphatic heterocycles. The van der Waals surface area contributed by atoms with Crippen molar-refractivity contribution >= 4 is 5.91 Å². The Labute approximate surface area is 80.6 Å². The highest BCUT2D eigenvalue weighted by molar-refractivity contribution is 5.87. The van der Waals surface area contributed by atoms with Crippen molar-refractivity contribution in [2.75, 3.05) is 13.1 Å². The van der Waals surface area contributed by atoms with Gasteiger partial charge in [-0.1, -0.05) is 19.4 Å². The van der Waals surface area contributed by atoms with Crippen LogP contribution in [0.1, 0.15) is 33.1 Å². The number of hydrogen-bond donors (Lipinski definition) is 0. The monoisotopic (exact) mass is 181 g/mol. The van der Waals surface area contributed by atoms with Gasteiger partial charge in [0.1, 0.15) is 0 Å². The Morgan fingerprint density at radius 3 is 3.00 bits per heavy atom. The first-order valence-electron chi connectivity index (χ1n) is 5.19. The lowest BCUT2D eigenvalue weighted by Crippen LogP contribution is -2.26. The smallest absolute Gasteiger partial charge is 0.246 e. The molecule has 1 saturated heterocycles. The lowest BCUT2D eigenvalue weighted by molar-refractivity contribution is -0.125. The lowest BCUT2D eigenvalue weighted by atomic mass is 10.0. The van der Waals surface area contributed by atoms with E-state index in [1.165, 1.54) is 19.3 Å². The van der Waals surface area contributed by atoms with E-state index >= 15 is 0 Å². The zero-order chi connectivity index (χ0) is 9.68. The largest absolute Gasteiger partial charge is 0.339 e. The van der Waals surface area contributed by atoms with E-state index in [1.54, 1.807) is 6.08 Å². The zero-order valence-electron chi connectivity index (χ0n) is 8.62. The van der Waals surface area contributed by atoms with Crippen LogP contribution in [0.25, 0.3) is 0 Å². The number of allylic oxidation sites excluding steroid dienone is 1. The first-order chi connectivity index (χ1) is 6.27. The molecule has 1 rings (SSSR count). The standard InChI is InChI=1S/C11H19NO/c1-3-5-10-7-8-12(9-10)11(13)6-4-2/h4,6,10H,3,5,7-9H2,1-2H3/b6-4+. The van der Waals surface area contributed by atoms with Gasteiger partial charge in [-0.2, -0.15) is 0 Å². The fraction of sp³-hybridized carbons (Fsp3) is 0.727. The van der Waals surface area contributed by atoms with Crippen LogP contribution in [0.5, 0.6) is 0 Å². The van der Waals surface area contributed by atoms with Gasteiger partial charge < -0.3 is 4.90 Å². The quantitative estimate of drug-likeness (QED) is 0.611. The number of likely N-dealkylation sites (tertiary alicyclic amines) is 1. The van der Waals surface area contributed by atoms with E-state index in [4.69, 9.17) is 0 Å². The lowest BCUT2D eigenvalue weighted by Gasteiger charge is -2.13. The van der Waals surface area contributed by atoms with E-state index in [-0.39, 0.29) is 5.91 Å². The summed E-state index contributed by atoms with van der Waals surface area (Å²) in [6.45, 7) is 6.01. The minimum atomic E-state index is 0.182. The van der Waals surface area contributed by atoms with Crippen molar-refractivity contribution in [2.45, 2.75) is 33.1 Å². The van der Waals surface area contributed by atoms with Crippen molar-refractivity contribution in [3.8, 4) is 0 Å². The van der Waals surface area contributed by atoms with Crippen molar-refractivity contribution in [2.24, 2.45) is 5.92 Å². The summed E-state index contributed by atoms with van der Waals surface area (Å²) < 4.78 is 0. The molecular weight excluding hydrogens is 162 g/mol. The topological polar surface area (TPSA) is 20.3 Å². The highest BCUT2D eigenvalue weighted by Gasteiger charge is 2.23. The van der Waals surface area contributed by atoms with Crippen LogP contribution in [0.2, 0.25) is 0 Å². The van der Waals surface area contributed by atoms with Gasteiger partial charge in [0.25, 0.3) is 0 Å². The molecule has 0 N–H and O–H groups in total. The summed E-state index contributed by atoms with van der Waals surface area (Å²) in [6, 6.07) is 0. The average molecular weight is 181 g/mol. The first kappa shape index (κ1) is 10.3. The average Bonchev–Trinajstić information content (AvgIpc) is 2.54. The molecule has 1 amide bonds. The van der Waals surface area contributed by atoms with Gasteiger partial charge in [-0.25, -0.2) is 0 Å². The number of amides is 1. The Balaban J connectivity index is 2.36. The Morgan fingerprint density at radius 2 is 2.38 bits per heavy atom. The summed E-state index contributed by atoms with van der Waals surface area (Å²) in [5.74, 6) is 0.931. The van der Waals surface area contributed by atoms with E-state index < -0.39 is 0 Å². The molecule has 0 aromatic rings. The molecule has 0 aromatic carbocycles. The van der Waals surface area contributed by atoms with E-state index in [1.807, 2.05) is 17.9 Å². The maximum Gasteiger partial charge on any atom is 0.246 e. The minimum Gasteiger partial charge on any atom is -0.339 e. The summed E-state index contributed by atoms with van der Waals surface area (Å²) in [6.07, 6.45) is 7.16. The summed E-state index contributed by atoms with van der Waals surface area (Å²) in [4.78, 5) is 13.4. The van der Waals surface area contributed by atoms with Gasteiger partial charge in [-0.3, -0.25) is 4.79 Å². The zero-order valence-corrected chi connectivity index (χ0v) is 8.62. The maximum atomic E-state index is 11.4. The molecule has 2 heteroatoms. The molecule has 0 aromatic heterocycles. The molecule has 0 spiro atoms. The van der Waals surface area contributed by atoms with Crippen LogP contribution in [-0.4, -0.2) is 23.9 Å². The molecule has 1 unspecified atom stereocenters. The summed E-state index contributed by atoms with van der Waals surface area (Å²) in [5, 5.41) is 0. The third-order valence-corrected chi connectivity index (χ3v) is 2.60. The molecule has 0 bridgehead atoms. The van der Waals surface area contributed by atoms with Gasteiger partial charge in [0.15, 0.2) is 0 Å². The SMILES string of the molecule is C/C=C/C(=O)N1CCC(CCC)C1. The fourth-order valence-corrected chi connectivity index (χ4v) is 1.92. The number of carbonyl (C=O) groups is 1. The molecule has 74 valence electrons. The second-order valence-electron chi connectivity index (χ2n) is 3.73. The van der Waals surface area contributed by atoms with Gasteiger partial charge >= 0.3 is 0 Å². The number of carbonyl (C=O) groups excluding carboxylic acids is 1. The number of rotatable bonds is 3. The Morgan fingerprint density at radius 1 is 1.62 bits per heavy atom. The van der Waals surface area contributed by atoms with Crippen molar-refractivity contribution in [1.82, 2.24) is 4.90 Å². The Bertz CT molecular complexity index is 198. The minimum absolute atomic E-state index is 0.182. The maximum absolute atomic E-state index is 11.4. The van der Waals surface area contributed by atoms with Crippen LogP contribution in [0.15, 0.2) is 12.2 Å². The van der Waals surface area contributed by atoms with Gasteiger partial charge in [0, 0.05) is 13.1 Å². The molecule has 0 aliphatic carbocycles. The van der Waals surface area contributed by atoms with Crippen LogP contribution in [0, 0.1) is 5.92 Å². The normalized spacial score (nSPS) is 22.9. The fourth-order valence-electron chi connectivity index (χ4n) is 1.92. The van der Waals surface area contributed by atoms with Crippen molar-refractivity contribution in [1.29, 1.82) is 0 Å². The highest BCUT2D eigenvalue weighted by atomic mass is 16.2. The summed E-state index contributed by atoms with van der Waals surface area (Å²) >= 11 is 0. The number of hydrogen-bond acceptors (Lipinski definition) is 1. The van der Waals surface area contributed by atoms with E-state index in [0.29, 0.717) is 0 Å². The molecule has 1 heterocycles. The third kappa shape index (κ3) is 2.87. The summed E-state index contributed by atoms with van der Waals surface area (Å²) in [7, 11) is 0. The highest BCUT2D eigenvalue weighted by Crippen LogP contribution is 2.20. The van der Waals surface area contributed by atoms with Crippen molar-refractivity contribution < 1.29 is 4.79 Å². The second-order valence-corrected chi connectivity index (χ2v) is 3.73. The molecule has 0 radical (unpaired) electrons. The van der Waals surface area contributed by atoms with E-state index in [9.17, 15) is 4.79 Å². The van der Waals surface area contributed by atoms with Crippen LogP contribution in [-0.2, 0) is 4.79 Å². The van der Waals surface area contributed by atoms with Crippen LogP contribution < -0.4 is 0 Å². The van der Waals surface area contributed by atoms with Crippen molar-refractivity contribution in [3.63, 3.8) is 0 Å². The molecule has 0 saturated carbocycles. The van der Waals surface area contributed by atoms with Gasteiger partial charge in [0.2, 0.25) is 5.91 Å². The molecule has 13 heavy (non-hydrogen) atoms. The van der Waals surface area contributed by atoms with Crippen LogP contribution >= 0.6 is 0 Å². The second kappa shape index (κ2) is 5.05. The predicted molar refractivity (Wildman–Crippen MR) is 54.4 cm³/mol. The Kier molecular flexibility index (Phi) is 4.00. The number of nitrogens with zero attached hydrogens (tertiary/aromatic N) is 1. The molecule has 1 fully saturated rings. The Hall–Kier alpha value is -0.790. The first-order valence-corrected chi connectivity index (χ1v) is 5.19. The van der Waals surface area contributed by atoms with E-state index in [0.717, 1.165) is 19.0 Å². The van der Waals surface area contributed by atoms with Gasteiger partial charge in [0.05, 0.1) is 0 Å². The predicted octanol–water partition coefficient (Wildman–Crippen LogP) is 2.21. The van der Waals surface area contributed by atoms with Gasteiger partial charge in [-0.05, 0) is 31.8 Å². The molecule has 1 atom stereocenters. The molecule has 1 aliphatic rings. The van der Waals surface area contributed by atoms with Gasteiger partial charge in [-0.15, -0.1) is 0 Å². The summed E-state index contributed by atoms with van der Waals surface area (Å²) in [5.41, 5.74) is 0. The van der Waals surface area contributed by atoms with E-state index in [2.05, 4.69) is 6.92 Å². The van der Waals surface area contributed by atoms with Crippen molar-refractivity contribution in [3.05, 3.63) is 12.2 Å². The molecule has 2 nitrogen and oxygen atoms in total.